The number of nitrogens with one attached hydrogen (secondary N) is 3. The van der Waals surface area contributed by atoms with E-state index in [1.807, 2.05) is 49.4 Å². The predicted molar refractivity (Wildman–Crippen MR) is 152 cm³/mol. The smallest absolute Gasteiger partial charge is 0.323 e. The van der Waals surface area contributed by atoms with Crippen molar-refractivity contribution in [3.8, 4) is 0 Å². The van der Waals surface area contributed by atoms with Gasteiger partial charge in [-0.25, -0.2) is 4.79 Å². The number of carbonyl (C=O) groups is 2. The van der Waals surface area contributed by atoms with Crippen molar-refractivity contribution in [1.82, 2.24) is 0 Å². The van der Waals surface area contributed by atoms with Gasteiger partial charge in [0, 0.05) is 31.4 Å². The van der Waals surface area contributed by atoms with Crippen molar-refractivity contribution in [3.05, 3.63) is 53.6 Å². The molecule has 8 heteroatoms. The van der Waals surface area contributed by atoms with E-state index in [2.05, 4.69) is 29.8 Å². The predicted octanol–water partition coefficient (Wildman–Crippen LogP) is 6.63. The van der Waals surface area contributed by atoms with E-state index in [-0.39, 0.29) is 36.6 Å². The lowest BCUT2D eigenvalue weighted by atomic mass is 9.75. The summed E-state index contributed by atoms with van der Waals surface area (Å²) in [6.07, 6.45) is 5.07. The van der Waals surface area contributed by atoms with Gasteiger partial charge in [0.05, 0.1) is 30.5 Å². The zero-order chi connectivity index (χ0) is 27.7. The van der Waals surface area contributed by atoms with Gasteiger partial charge in [-0.15, -0.1) is 0 Å². The van der Waals surface area contributed by atoms with Crippen molar-refractivity contribution >= 4 is 29.1 Å². The van der Waals surface area contributed by atoms with Gasteiger partial charge in [0.2, 0.25) is 0 Å². The van der Waals surface area contributed by atoms with E-state index in [9.17, 15) is 14.7 Å². The van der Waals surface area contributed by atoms with E-state index >= 15 is 0 Å². The van der Waals surface area contributed by atoms with Crippen LogP contribution in [0.25, 0.3) is 0 Å². The fourth-order valence-electron chi connectivity index (χ4n) is 5.46. The van der Waals surface area contributed by atoms with E-state index in [1.54, 1.807) is 14.2 Å². The maximum Gasteiger partial charge on any atom is 0.323 e. The number of anilines is 3. The molecule has 0 radical (unpaired) electrons. The molecule has 0 spiro atoms. The molecule has 1 unspecified atom stereocenters. The van der Waals surface area contributed by atoms with Crippen LogP contribution in [0.4, 0.5) is 21.9 Å². The van der Waals surface area contributed by atoms with Crippen molar-refractivity contribution in [3.63, 3.8) is 0 Å². The molecule has 3 rings (SSSR count). The third-order valence-electron chi connectivity index (χ3n) is 7.28. The average Bonchev–Trinajstić information content (AvgIpc) is 2.86. The quantitative estimate of drug-likeness (QED) is 0.248. The first-order valence-corrected chi connectivity index (χ1v) is 13.4. The molecule has 1 saturated carbocycles. The number of ether oxygens (including phenoxy) is 2. The van der Waals surface area contributed by atoms with E-state index in [4.69, 9.17) is 9.47 Å². The van der Waals surface area contributed by atoms with Crippen LogP contribution in [-0.2, 0) is 14.3 Å². The Bertz CT molecular complexity index is 1060. The summed E-state index contributed by atoms with van der Waals surface area (Å²) in [6.45, 7) is 6.71. The van der Waals surface area contributed by atoms with E-state index in [1.165, 1.54) is 0 Å². The first-order valence-electron chi connectivity index (χ1n) is 13.4. The minimum atomic E-state index is -0.897. The molecule has 0 heterocycles. The average molecular weight is 526 g/mol. The summed E-state index contributed by atoms with van der Waals surface area (Å²) in [5.74, 6) is -0.746. The number of urea groups is 1. The minimum Gasteiger partial charge on any atom is -0.481 e. The van der Waals surface area contributed by atoms with Crippen LogP contribution in [0.15, 0.2) is 42.5 Å². The van der Waals surface area contributed by atoms with Crippen LogP contribution in [0.2, 0.25) is 0 Å². The zero-order valence-corrected chi connectivity index (χ0v) is 23.3. The van der Waals surface area contributed by atoms with Gasteiger partial charge in [0.25, 0.3) is 0 Å². The van der Waals surface area contributed by atoms with E-state index in [0.717, 1.165) is 48.9 Å². The van der Waals surface area contributed by atoms with Crippen LogP contribution >= 0.6 is 0 Å². The topological polar surface area (TPSA) is 109 Å². The third-order valence-corrected chi connectivity index (χ3v) is 7.28. The Kier molecular flexibility index (Phi) is 10.6. The highest BCUT2D eigenvalue weighted by molar-refractivity contribution is 6.02. The molecular weight excluding hydrogens is 482 g/mol. The Morgan fingerprint density at radius 2 is 1.71 bits per heavy atom. The summed E-state index contributed by atoms with van der Waals surface area (Å²) in [6, 6.07) is 13.0. The van der Waals surface area contributed by atoms with Crippen molar-refractivity contribution in [1.29, 1.82) is 0 Å². The lowest BCUT2D eigenvalue weighted by Crippen LogP contribution is -2.44. The molecule has 1 atom stereocenters. The molecule has 1 aliphatic rings. The van der Waals surface area contributed by atoms with Gasteiger partial charge in [-0.05, 0) is 74.8 Å². The number of carbonyl (C=O) groups excluding carboxylic acids is 1. The standard InChI is InChI=1S/C30H43N3O5/c1-20(2)18-30(14-12-25(38-5)13-15-30)33-26-11-8-22(23(19-37-4)17-28(34)35)16-27(26)32-29(36)31-24-9-6-21(3)7-10-24/h6-11,16,20,23,25,33H,12-15,17-19H2,1-5H3,(H,34,35)(H2,31,32,36). The second-order valence-electron chi connectivity index (χ2n) is 10.9. The Hall–Kier alpha value is -3.10. The number of benzene rings is 2. The van der Waals surface area contributed by atoms with Crippen LogP contribution < -0.4 is 16.0 Å². The van der Waals surface area contributed by atoms with Gasteiger partial charge in [-0.2, -0.15) is 0 Å². The largest absolute Gasteiger partial charge is 0.481 e. The second kappa shape index (κ2) is 13.6. The highest BCUT2D eigenvalue weighted by Crippen LogP contribution is 2.40. The van der Waals surface area contributed by atoms with Crippen molar-refractivity contribution in [2.75, 3.05) is 36.8 Å². The number of carboxylic acids is 1. The van der Waals surface area contributed by atoms with Crippen LogP contribution in [0.1, 0.15) is 69.4 Å². The molecule has 8 nitrogen and oxygen atoms in total. The fraction of sp³-hybridized carbons (Fsp3) is 0.533. The number of aryl methyl sites for hydroxylation is 1. The molecule has 0 bridgehead atoms. The summed E-state index contributed by atoms with van der Waals surface area (Å²) < 4.78 is 10.9. The first-order chi connectivity index (χ1) is 18.1. The number of amides is 2. The van der Waals surface area contributed by atoms with E-state index < -0.39 is 5.97 Å². The molecule has 208 valence electrons. The Morgan fingerprint density at radius 3 is 2.29 bits per heavy atom. The second-order valence-corrected chi connectivity index (χ2v) is 10.9. The molecule has 2 amide bonds. The maximum absolute atomic E-state index is 13.0. The lowest BCUT2D eigenvalue weighted by Gasteiger charge is -2.43. The highest BCUT2D eigenvalue weighted by Gasteiger charge is 2.36. The molecular formula is C30H43N3O5. The lowest BCUT2D eigenvalue weighted by molar-refractivity contribution is -0.137. The number of aliphatic carboxylic acids is 1. The van der Waals surface area contributed by atoms with Crippen LogP contribution in [0.3, 0.4) is 0 Å². The number of methoxy groups -OCH3 is 2. The number of hydrogen-bond donors (Lipinski definition) is 4. The summed E-state index contributed by atoms with van der Waals surface area (Å²) in [5.41, 5.74) is 3.90. The normalized spacial score (nSPS) is 20.1. The van der Waals surface area contributed by atoms with Crippen molar-refractivity contribution < 1.29 is 24.2 Å². The molecule has 0 saturated heterocycles. The molecule has 1 aliphatic carbocycles. The van der Waals surface area contributed by atoms with Crippen LogP contribution in [0.5, 0.6) is 0 Å². The van der Waals surface area contributed by atoms with Gasteiger partial charge in [0.1, 0.15) is 0 Å². The first kappa shape index (κ1) is 29.5. The number of rotatable bonds is 12. The SMILES string of the molecule is COCC(CC(=O)O)c1ccc(NC2(CC(C)C)CCC(OC)CC2)c(NC(=O)Nc2ccc(C)cc2)c1. The van der Waals surface area contributed by atoms with Gasteiger partial charge in [-0.3, -0.25) is 4.79 Å². The Labute approximate surface area is 226 Å². The molecule has 4 N–H and O–H groups in total. The molecule has 0 aromatic heterocycles. The molecule has 2 aromatic rings. The third kappa shape index (κ3) is 8.46. The number of hydrogen-bond acceptors (Lipinski definition) is 5. The molecule has 0 aliphatic heterocycles. The van der Waals surface area contributed by atoms with Crippen LogP contribution in [-0.4, -0.2) is 49.6 Å². The van der Waals surface area contributed by atoms with Crippen molar-refractivity contribution in [2.24, 2.45) is 5.92 Å². The number of carboxylic acid groups (broad SMARTS) is 1. The van der Waals surface area contributed by atoms with Gasteiger partial charge in [-0.1, -0.05) is 37.6 Å². The monoisotopic (exact) mass is 525 g/mol. The van der Waals surface area contributed by atoms with E-state index in [0.29, 0.717) is 17.3 Å². The zero-order valence-electron chi connectivity index (χ0n) is 23.3. The highest BCUT2D eigenvalue weighted by atomic mass is 16.5. The van der Waals surface area contributed by atoms with Gasteiger partial charge in [0.15, 0.2) is 0 Å². The van der Waals surface area contributed by atoms with Crippen LogP contribution in [0, 0.1) is 12.8 Å². The summed E-state index contributed by atoms with van der Waals surface area (Å²) in [5, 5.41) is 19.2. The molecule has 2 aromatic carbocycles. The summed E-state index contributed by atoms with van der Waals surface area (Å²) in [4.78, 5) is 24.6. The van der Waals surface area contributed by atoms with Gasteiger partial charge < -0.3 is 30.5 Å². The summed E-state index contributed by atoms with van der Waals surface area (Å²) >= 11 is 0. The van der Waals surface area contributed by atoms with Crippen molar-refractivity contribution in [2.45, 2.75) is 76.9 Å². The van der Waals surface area contributed by atoms with Gasteiger partial charge >= 0.3 is 12.0 Å². The molecule has 38 heavy (non-hydrogen) atoms. The maximum atomic E-state index is 13.0. The Balaban J connectivity index is 1.93. The Morgan fingerprint density at radius 1 is 1.03 bits per heavy atom. The minimum absolute atomic E-state index is 0.0642. The summed E-state index contributed by atoms with van der Waals surface area (Å²) in [7, 11) is 3.33. The molecule has 1 fully saturated rings. The fourth-order valence-corrected chi connectivity index (χ4v) is 5.46.